The lowest BCUT2D eigenvalue weighted by atomic mass is 10.1. The monoisotopic (exact) mass is 327 g/mol. The molecule has 7 heteroatoms. The maximum atomic E-state index is 11.9. The summed E-state index contributed by atoms with van der Waals surface area (Å²) in [5.41, 5.74) is 1.64. The number of nitro benzene ring substituents is 1. The molecule has 0 aliphatic heterocycles. The lowest BCUT2D eigenvalue weighted by molar-refractivity contribution is -0.384. The number of para-hydroxylation sites is 2. The number of amides is 1. The maximum absolute atomic E-state index is 11.9. The van der Waals surface area contributed by atoms with Gasteiger partial charge in [0.2, 0.25) is 5.78 Å². The highest BCUT2D eigenvalue weighted by atomic mass is 16.6. The molecule has 0 fully saturated rings. The number of hydrogen-bond donors (Lipinski definition) is 2. The van der Waals surface area contributed by atoms with E-state index in [9.17, 15) is 19.7 Å². The Balaban J connectivity index is 1.84. The molecule has 0 atom stereocenters. The fourth-order valence-corrected chi connectivity index (χ4v) is 2.07. The fourth-order valence-electron chi connectivity index (χ4n) is 2.07. The topological polar surface area (TPSA) is 101 Å². The van der Waals surface area contributed by atoms with Crippen molar-refractivity contribution in [2.45, 2.75) is 6.92 Å². The van der Waals surface area contributed by atoms with E-state index in [0.29, 0.717) is 11.3 Å². The summed E-state index contributed by atoms with van der Waals surface area (Å²) in [7, 11) is 0. The number of aryl methyl sites for hydroxylation is 1. The molecule has 124 valence electrons. The van der Waals surface area contributed by atoms with Crippen molar-refractivity contribution in [3.05, 3.63) is 69.8 Å². The Kier molecular flexibility index (Phi) is 5.62. The molecule has 0 aliphatic rings. The molecule has 2 aromatic carbocycles. The smallest absolute Gasteiger partial charge is 0.292 e. The second-order valence-electron chi connectivity index (χ2n) is 5.15. The minimum absolute atomic E-state index is 0.0421. The van der Waals surface area contributed by atoms with Crippen LogP contribution in [-0.2, 0) is 4.79 Å². The van der Waals surface area contributed by atoms with Crippen molar-refractivity contribution in [2.75, 3.05) is 18.4 Å². The van der Waals surface area contributed by atoms with E-state index in [4.69, 9.17) is 0 Å². The fraction of sp³-hybridized carbons (Fsp3) is 0.176. The van der Waals surface area contributed by atoms with E-state index in [-0.39, 0.29) is 18.8 Å². The van der Waals surface area contributed by atoms with Gasteiger partial charge in [-0.25, -0.2) is 0 Å². The molecular weight excluding hydrogens is 310 g/mol. The largest absolute Gasteiger partial charge is 0.378 e. The summed E-state index contributed by atoms with van der Waals surface area (Å²) in [5.74, 6) is -1.32. The normalized spacial score (nSPS) is 10.0. The van der Waals surface area contributed by atoms with Crippen LogP contribution in [0.2, 0.25) is 0 Å². The molecule has 1 amide bonds. The lowest BCUT2D eigenvalue weighted by Gasteiger charge is -2.08. The molecule has 0 saturated carbocycles. The average Bonchev–Trinajstić information content (AvgIpc) is 2.58. The molecule has 0 spiro atoms. The van der Waals surface area contributed by atoms with E-state index < -0.39 is 16.6 Å². The van der Waals surface area contributed by atoms with Crippen molar-refractivity contribution in [1.82, 2.24) is 5.32 Å². The number of Topliss-reactive ketones (excluding diaryl/α,β-unsaturated/α-hetero) is 1. The average molecular weight is 327 g/mol. The molecule has 2 N–H and O–H groups in total. The number of nitrogens with one attached hydrogen (secondary N) is 2. The molecule has 0 heterocycles. The van der Waals surface area contributed by atoms with Crippen LogP contribution in [0.25, 0.3) is 0 Å². The highest BCUT2D eigenvalue weighted by Gasteiger charge is 2.15. The Morgan fingerprint density at radius 3 is 2.38 bits per heavy atom. The van der Waals surface area contributed by atoms with Gasteiger partial charge >= 0.3 is 0 Å². The van der Waals surface area contributed by atoms with E-state index in [1.165, 1.54) is 6.07 Å². The Labute approximate surface area is 138 Å². The molecule has 0 radical (unpaired) electrons. The van der Waals surface area contributed by atoms with Gasteiger partial charge in [0.05, 0.1) is 4.92 Å². The summed E-state index contributed by atoms with van der Waals surface area (Å²) in [5, 5.41) is 16.2. The standard InChI is InChI=1S/C17H17N3O4/c1-12-6-8-13(9-7-12)16(21)17(22)19-11-10-18-14-4-2-3-5-15(14)20(23)24/h2-9,18H,10-11H2,1H3,(H,19,22). The molecular formula is C17H17N3O4. The van der Waals surface area contributed by atoms with Gasteiger partial charge in [0.25, 0.3) is 11.6 Å². The third-order valence-electron chi connectivity index (χ3n) is 3.35. The first-order valence-corrected chi connectivity index (χ1v) is 7.35. The number of carbonyl (C=O) groups is 2. The maximum Gasteiger partial charge on any atom is 0.292 e. The Morgan fingerprint density at radius 1 is 1.04 bits per heavy atom. The molecule has 0 aromatic heterocycles. The SMILES string of the molecule is Cc1ccc(C(=O)C(=O)NCCNc2ccccc2[N+](=O)[O-])cc1. The zero-order valence-corrected chi connectivity index (χ0v) is 13.1. The van der Waals surface area contributed by atoms with E-state index in [2.05, 4.69) is 10.6 Å². The second kappa shape index (κ2) is 7.87. The van der Waals surface area contributed by atoms with E-state index in [1.54, 1.807) is 42.5 Å². The molecule has 7 nitrogen and oxygen atoms in total. The molecule has 0 bridgehead atoms. The van der Waals surface area contributed by atoms with Gasteiger partial charge in [0, 0.05) is 24.7 Å². The lowest BCUT2D eigenvalue weighted by Crippen LogP contribution is -2.34. The number of benzene rings is 2. The van der Waals surface area contributed by atoms with Crippen LogP contribution >= 0.6 is 0 Å². The Hall–Kier alpha value is -3.22. The van der Waals surface area contributed by atoms with Crippen LogP contribution < -0.4 is 10.6 Å². The number of anilines is 1. The number of nitrogens with zero attached hydrogens (tertiary/aromatic N) is 1. The van der Waals surface area contributed by atoms with Gasteiger partial charge in [-0.2, -0.15) is 0 Å². The minimum Gasteiger partial charge on any atom is -0.378 e. The molecule has 0 saturated heterocycles. The van der Waals surface area contributed by atoms with Crippen LogP contribution in [0.3, 0.4) is 0 Å². The molecule has 0 unspecified atom stereocenters. The van der Waals surface area contributed by atoms with Crippen LogP contribution in [0, 0.1) is 17.0 Å². The van der Waals surface area contributed by atoms with Crippen molar-refractivity contribution in [3.63, 3.8) is 0 Å². The quantitative estimate of drug-likeness (QED) is 0.267. The Morgan fingerprint density at radius 2 is 1.71 bits per heavy atom. The second-order valence-corrected chi connectivity index (χ2v) is 5.15. The van der Waals surface area contributed by atoms with Crippen LogP contribution in [0.4, 0.5) is 11.4 Å². The Bertz CT molecular complexity index is 757. The van der Waals surface area contributed by atoms with Gasteiger partial charge < -0.3 is 10.6 Å². The van der Waals surface area contributed by atoms with E-state index >= 15 is 0 Å². The van der Waals surface area contributed by atoms with E-state index in [1.807, 2.05) is 6.92 Å². The third kappa shape index (κ3) is 4.39. The number of ketones is 1. The first kappa shape index (κ1) is 17.1. The van der Waals surface area contributed by atoms with Crippen LogP contribution in [-0.4, -0.2) is 29.7 Å². The highest BCUT2D eigenvalue weighted by Crippen LogP contribution is 2.22. The first-order valence-electron chi connectivity index (χ1n) is 7.35. The predicted octanol–water partition coefficient (Wildman–Crippen LogP) is 2.31. The summed E-state index contributed by atoms with van der Waals surface area (Å²) >= 11 is 0. The summed E-state index contributed by atoms with van der Waals surface area (Å²) < 4.78 is 0. The van der Waals surface area contributed by atoms with Crippen molar-refractivity contribution in [1.29, 1.82) is 0 Å². The van der Waals surface area contributed by atoms with Crippen molar-refractivity contribution in [2.24, 2.45) is 0 Å². The van der Waals surface area contributed by atoms with Crippen molar-refractivity contribution in [3.8, 4) is 0 Å². The molecule has 2 rings (SSSR count). The summed E-state index contributed by atoms with van der Waals surface area (Å²) in [6, 6.07) is 12.9. The summed E-state index contributed by atoms with van der Waals surface area (Å²) in [4.78, 5) is 34.2. The van der Waals surface area contributed by atoms with Gasteiger partial charge in [-0.05, 0) is 13.0 Å². The minimum atomic E-state index is -0.705. The van der Waals surface area contributed by atoms with Gasteiger partial charge in [-0.1, -0.05) is 42.0 Å². The number of carbonyl (C=O) groups excluding carboxylic acids is 2. The highest BCUT2D eigenvalue weighted by molar-refractivity contribution is 6.42. The first-order chi connectivity index (χ1) is 11.5. The predicted molar refractivity (Wildman–Crippen MR) is 90.1 cm³/mol. The van der Waals surface area contributed by atoms with Gasteiger partial charge in [0.1, 0.15) is 5.69 Å². The third-order valence-corrected chi connectivity index (χ3v) is 3.35. The summed E-state index contributed by atoms with van der Waals surface area (Å²) in [6.45, 7) is 2.32. The van der Waals surface area contributed by atoms with Gasteiger partial charge in [0.15, 0.2) is 0 Å². The van der Waals surface area contributed by atoms with E-state index in [0.717, 1.165) is 5.56 Å². The summed E-state index contributed by atoms with van der Waals surface area (Å²) in [6.07, 6.45) is 0. The number of hydrogen-bond acceptors (Lipinski definition) is 5. The number of rotatable bonds is 7. The molecule has 24 heavy (non-hydrogen) atoms. The van der Waals surface area contributed by atoms with Crippen LogP contribution in [0.5, 0.6) is 0 Å². The number of nitro groups is 1. The molecule has 0 aliphatic carbocycles. The zero-order chi connectivity index (χ0) is 17.5. The van der Waals surface area contributed by atoms with Crippen molar-refractivity contribution >= 4 is 23.1 Å². The van der Waals surface area contributed by atoms with Crippen LogP contribution in [0.15, 0.2) is 48.5 Å². The van der Waals surface area contributed by atoms with Crippen LogP contribution in [0.1, 0.15) is 15.9 Å². The van der Waals surface area contributed by atoms with Gasteiger partial charge in [-0.15, -0.1) is 0 Å². The zero-order valence-electron chi connectivity index (χ0n) is 13.1. The molecule has 2 aromatic rings. The van der Waals surface area contributed by atoms with Crippen molar-refractivity contribution < 1.29 is 14.5 Å². The van der Waals surface area contributed by atoms with Gasteiger partial charge in [-0.3, -0.25) is 19.7 Å².